The number of hydrogen-bond acceptors (Lipinski definition) is 9. The Labute approximate surface area is 209 Å². The van der Waals surface area contributed by atoms with Gasteiger partial charge >= 0.3 is 0 Å². The van der Waals surface area contributed by atoms with E-state index in [1.165, 1.54) is 18.8 Å². The van der Waals surface area contributed by atoms with E-state index in [4.69, 9.17) is 13.9 Å². The fraction of sp³-hybridized carbons (Fsp3) is 0.423. The van der Waals surface area contributed by atoms with Crippen molar-refractivity contribution < 1.29 is 19.0 Å². The molecular formula is C26H31N5O5. The van der Waals surface area contributed by atoms with Gasteiger partial charge in [0.15, 0.2) is 5.56 Å². The fourth-order valence-electron chi connectivity index (χ4n) is 4.52. The molecule has 0 aliphatic heterocycles. The SMILES string of the molecule is C/C=C(/Cc1nnc(-c2c(O)n(-c3c(OC)cccc3OC)c(C3CCCC3)nc2=O)o1)N=C(C)C. The molecule has 2 aromatic heterocycles. The van der Waals surface area contributed by atoms with Crippen LogP contribution in [0.1, 0.15) is 64.1 Å². The van der Waals surface area contributed by atoms with Gasteiger partial charge in [-0.3, -0.25) is 14.4 Å². The van der Waals surface area contributed by atoms with Crippen LogP contribution in [0.15, 0.2) is 44.2 Å². The van der Waals surface area contributed by atoms with Crippen molar-refractivity contribution in [3.05, 3.63) is 52.0 Å². The maximum absolute atomic E-state index is 13.2. The summed E-state index contributed by atoms with van der Waals surface area (Å²) in [7, 11) is 3.07. The zero-order chi connectivity index (χ0) is 25.8. The molecule has 10 nitrogen and oxygen atoms in total. The normalized spacial score (nSPS) is 14.2. The first kappa shape index (κ1) is 25.2. The minimum Gasteiger partial charge on any atom is -0.494 e. The monoisotopic (exact) mass is 493 g/mol. The van der Waals surface area contributed by atoms with Crippen LogP contribution in [-0.2, 0) is 6.42 Å². The second-order valence-electron chi connectivity index (χ2n) is 8.82. The molecule has 1 aliphatic carbocycles. The number of para-hydroxylation sites is 1. The lowest BCUT2D eigenvalue weighted by Gasteiger charge is -2.22. The molecule has 190 valence electrons. The fourth-order valence-corrected chi connectivity index (χ4v) is 4.52. The third-order valence-corrected chi connectivity index (χ3v) is 6.15. The molecule has 0 spiro atoms. The van der Waals surface area contributed by atoms with Gasteiger partial charge in [-0.15, -0.1) is 10.2 Å². The molecule has 1 N–H and O–H groups in total. The number of nitrogens with zero attached hydrogens (tertiary/aromatic N) is 5. The van der Waals surface area contributed by atoms with Crippen LogP contribution in [0.5, 0.6) is 17.4 Å². The van der Waals surface area contributed by atoms with Gasteiger partial charge in [-0.25, -0.2) is 0 Å². The van der Waals surface area contributed by atoms with Crippen LogP contribution in [0.3, 0.4) is 0 Å². The second kappa shape index (κ2) is 10.8. The first-order chi connectivity index (χ1) is 17.4. The summed E-state index contributed by atoms with van der Waals surface area (Å²) in [6.07, 6.45) is 5.90. The average Bonchev–Trinajstić information content (AvgIpc) is 3.55. The highest BCUT2D eigenvalue weighted by molar-refractivity contribution is 5.80. The van der Waals surface area contributed by atoms with Gasteiger partial charge in [0.25, 0.3) is 11.4 Å². The minimum atomic E-state index is -0.636. The minimum absolute atomic E-state index is 0.00194. The topological polar surface area (TPSA) is 125 Å². The van der Waals surface area contributed by atoms with Gasteiger partial charge in [0, 0.05) is 17.3 Å². The lowest BCUT2D eigenvalue weighted by Crippen LogP contribution is -2.22. The molecule has 36 heavy (non-hydrogen) atoms. The van der Waals surface area contributed by atoms with Gasteiger partial charge in [-0.05, 0) is 45.7 Å². The number of hydrogen-bond donors (Lipinski definition) is 1. The summed E-state index contributed by atoms with van der Waals surface area (Å²) in [6, 6.07) is 5.30. The molecule has 0 bridgehead atoms. The van der Waals surface area contributed by atoms with Crippen molar-refractivity contribution in [3.8, 4) is 34.5 Å². The highest BCUT2D eigenvalue weighted by Gasteiger charge is 2.31. The Morgan fingerprint density at radius 3 is 2.44 bits per heavy atom. The molecule has 1 aliphatic rings. The number of methoxy groups -OCH3 is 2. The first-order valence-corrected chi connectivity index (χ1v) is 11.9. The van der Waals surface area contributed by atoms with E-state index in [1.54, 1.807) is 18.2 Å². The number of aliphatic imine (C=N–C) groups is 1. The van der Waals surface area contributed by atoms with Gasteiger partial charge in [0.05, 0.1) is 20.6 Å². The molecule has 3 aromatic rings. The second-order valence-corrected chi connectivity index (χ2v) is 8.82. The zero-order valence-corrected chi connectivity index (χ0v) is 21.2. The van der Waals surface area contributed by atoms with Crippen molar-refractivity contribution in [1.82, 2.24) is 19.7 Å². The molecule has 10 heteroatoms. The van der Waals surface area contributed by atoms with Gasteiger partial charge < -0.3 is 19.0 Å². The molecule has 0 atom stereocenters. The highest BCUT2D eigenvalue weighted by atomic mass is 16.5. The summed E-state index contributed by atoms with van der Waals surface area (Å²) < 4.78 is 18.5. The van der Waals surface area contributed by atoms with Crippen LogP contribution in [0.25, 0.3) is 17.1 Å². The number of allylic oxidation sites excluding steroid dienone is 2. The number of rotatable bonds is 8. The third kappa shape index (κ3) is 4.89. The molecule has 0 radical (unpaired) electrons. The van der Waals surface area contributed by atoms with E-state index in [0.29, 0.717) is 23.0 Å². The smallest absolute Gasteiger partial charge is 0.289 e. The molecule has 1 saturated carbocycles. The number of ether oxygens (including phenoxy) is 2. The van der Waals surface area contributed by atoms with Crippen molar-refractivity contribution in [1.29, 1.82) is 0 Å². The standard InChI is InChI=1S/C26H31N5O5/c1-6-17(27-15(2)3)14-20-29-30-25(36-20)21-24(32)28-23(16-10-7-8-11-16)31(26(21)33)22-18(34-4)12-9-13-19(22)35-5/h6,9,12-13,16,33H,7-8,10-11,14H2,1-5H3/b17-6-. The Hall–Kier alpha value is -3.95. The Bertz CT molecular complexity index is 1340. The van der Waals surface area contributed by atoms with Crippen LogP contribution in [0.2, 0.25) is 0 Å². The molecule has 1 aromatic carbocycles. The first-order valence-electron chi connectivity index (χ1n) is 11.9. The van der Waals surface area contributed by atoms with Crippen molar-refractivity contribution in [2.24, 2.45) is 4.99 Å². The molecule has 0 unspecified atom stereocenters. The van der Waals surface area contributed by atoms with Crippen molar-refractivity contribution in [3.63, 3.8) is 0 Å². The van der Waals surface area contributed by atoms with Crippen LogP contribution in [0, 0.1) is 0 Å². The van der Waals surface area contributed by atoms with E-state index in [0.717, 1.165) is 37.1 Å². The van der Waals surface area contributed by atoms with Crippen LogP contribution in [-0.4, -0.2) is 44.8 Å². The average molecular weight is 494 g/mol. The van der Waals surface area contributed by atoms with E-state index >= 15 is 0 Å². The molecule has 0 saturated heterocycles. The lowest BCUT2D eigenvalue weighted by atomic mass is 10.1. The number of aromatic hydroxyl groups is 1. The summed E-state index contributed by atoms with van der Waals surface area (Å²) in [5.41, 5.74) is 1.27. The summed E-state index contributed by atoms with van der Waals surface area (Å²) in [5.74, 6) is 1.15. The van der Waals surface area contributed by atoms with E-state index < -0.39 is 5.56 Å². The number of benzene rings is 1. The van der Waals surface area contributed by atoms with Gasteiger partial charge in [-0.2, -0.15) is 4.98 Å². The maximum Gasteiger partial charge on any atom is 0.289 e. The highest BCUT2D eigenvalue weighted by Crippen LogP contribution is 2.42. The van der Waals surface area contributed by atoms with E-state index in [-0.39, 0.29) is 35.6 Å². The van der Waals surface area contributed by atoms with E-state index in [9.17, 15) is 9.90 Å². The molecule has 4 rings (SSSR count). The van der Waals surface area contributed by atoms with Crippen LogP contribution < -0.4 is 15.0 Å². The molecule has 1 fully saturated rings. The summed E-state index contributed by atoms with van der Waals surface area (Å²) in [4.78, 5) is 22.1. The van der Waals surface area contributed by atoms with Gasteiger partial charge in [0.1, 0.15) is 23.0 Å². The Morgan fingerprint density at radius 2 is 1.86 bits per heavy atom. The lowest BCUT2D eigenvalue weighted by molar-refractivity contribution is 0.377. The Balaban J connectivity index is 1.90. The van der Waals surface area contributed by atoms with Crippen LogP contribution >= 0.6 is 0 Å². The predicted molar refractivity (Wildman–Crippen MR) is 135 cm³/mol. The van der Waals surface area contributed by atoms with Crippen molar-refractivity contribution in [2.45, 2.75) is 58.8 Å². The Kier molecular flexibility index (Phi) is 7.52. The predicted octanol–water partition coefficient (Wildman–Crippen LogP) is 4.59. The zero-order valence-electron chi connectivity index (χ0n) is 21.2. The van der Waals surface area contributed by atoms with Gasteiger partial charge in [-0.1, -0.05) is 25.0 Å². The summed E-state index contributed by atoms with van der Waals surface area (Å²) >= 11 is 0. The largest absolute Gasteiger partial charge is 0.494 e. The third-order valence-electron chi connectivity index (χ3n) is 6.15. The molecule has 2 heterocycles. The molecule has 0 amide bonds. The van der Waals surface area contributed by atoms with Crippen LogP contribution in [0.4, 0.5) is 0 Å². The quantitative estimate of drug-likeness (QED) is 0.452. The Morgan fingerprint density at radius 1 is 1.19 bits per heavy atom. The summed E-state index contributed by atoms with van der Waals surface area (Å²) in [6.45, 7) is 5.66. The van der Waals surface area contributed by atoms with Crippen molar-refractivity contribution in [2.75, 3.05) is 14.2 Å². The maximum atomic E-state index is 13.2. The van der Waals surface area contributed by atoms with Gasteiger partial charge in [0.2, 0.25) is 11.8 Å². The van der Waals surface area contributed by atoms with Crippen molar-refractivity contribution >= 4 is 5.71 Å². The summed E-state index contributed by atoms with van der Waals surface area (Å²) in [5, 5.41) is 19.7. The molecular weight excluding hydrogens is 462 g/mol. The number of aromatic nitrogens is 4. The van der Waals surface area contributed by atoms with E-state index in [2.05, 4.69) is 20.2 Å². The van der Waals surface area contributed by atoms with E-state index in [1.807, 2.05) is 26.8 Å².